The summed E-state index contributed by atoms with van der Waals surface area (Å²) in [7, 11) is 0. The number of hydrogen-bond acceptors (Lipinski definition) is 5. The number of pyridine rings is 1. The number of anilines is 1. The van der Waals surface area contributed by atoms with Gasteiger partial charge in [-0.25, -0.2) is 4.98 Å². The van der Waals surface area contributed by atoms with Crippen LogP contribution >= 0.6 is 23.5 Å². The van der Waals surface area contributed by atoms with Gasteiger partial charge < -0.3 is 11.1 Å². The molecule has 1 fully saturated rings. The van der Waals surface area contributed by atoms with E-state index in [2.05, 4.69) is 10.3 Å². The molecule has 0 spiro atoms. The van der Waals surface area contributed by atoms with Gasteiger partial charge in [-0.15, -0.1) is 0 Å². The van der Waals surface area contributed by atoms with Gasteiger partial charge in [-0.05, 0) is 11.5 Å². The van der Waals surface area contributed by atoms with Gasteiger partial charge in [0.25, 0.3) is 5.91 Å². The van der Waals surface area contributed by atoms with E-state index in [1.807, 2.05) is 47.8 Å². The van der Waals surface area contributed by atoms with Crippen LogP contribution in [0.3, 0.4) is 0 Å². The third-order valence-corrected chi connectivity index (χ3v) is 6.22. The first kappa shape index (κ1) is 14.5. The predicted molar refractivity (Wildman–Crippen MR) is 92.1 cm³/mol. The molecule has 2 heterocycles. The predicted octanol–water partition coefficient (Wildman–Crippen LogP) is 2.40. The average Bonchev–Trinajstić information content (AvgIpc) is 2.53. The summed E-state index contributed by atoms with van der Waals surface area (Å²) in [5, 5.41) is 5.29. The van der Waals surface area contributed by atoms with Crippen LogP contribution in [0.25, 0.3) is 10.8 Å². The molecule has 2 aromatic rings. The lowest BCUT2D eigenvalue weighted by Gasteiger charge is -2.21. The Kier molecular flexibility index (Phi) is 4.55. The maximum Gasteiger partial charge on any atom is 0.270 e. The lowest BCUT2D eigenvalue weighted by atomic mass is 10.1. The maximum atomic E-state index is 12.2. The topological polar surface area (TPSA) is 68.0 Å². The summed E-state index contributed by atoms with van der Waals surface area (Å²) in [4.78, 5) is 16.5. The van der Waals surface area contributed by atoms with E-state index in [1.54, 1.807) is 6.07 Å². The maximum absolute atomic E-state index is 12.2. The molecule has 110 valence electrons. The number of rotatable bonds is 3. The highest BCUT2D eigenvalue weighted by Crippen LogP contribution is 2.23. The zero-order valence-corrected chi connectivity index (χ0v) is 13.2. The molecular weight excluding hydrogens is 302 g/mol. The molecule has 1 aromatic carbocycles. The Morgan fingerprint density at radius 2 is 2.24 bits per heavy atom. The molecule has 1 aliphatic heterocycles. The van der Waals surface area contributed by atoms with E-state index in [0.29, 0.717) is 23.3 Å². The Labute approximate surface area is 132 Å². The van der Waals surface area contributed by atoms with E-state index in [9.17, 15) is 4.79 Å². The second-order valence-corrected chi connectivity index (χ2v) is 7.45. The molecule has 3 N–H and O–H groups in total. The zero-order chi connectivity index (χ0) is 14.7. The number of aromatic nitrogens is 1. The fourth-order valence-electron chi connectivity index (χ4n) is 2.29. The number of carbonyl (C=O) groups is 1. The Bertz CT molecular complexity index is 656. The van der Waals surface area contributed by atoms with Crippen molar-refractivity contribution in [1.82, 2.24) is 10.3 Å². The van der Waals surface area contributed by atoms with E-state index in [1.165, 1.54) is 5.75 Å². The summed E-state index contributed by atoms with van der Waals surface area (Å²) in [5.74, 6) is 3.71. The quantitative estimate of drug-likeness (QED) is 0.909. The normalized spacial score (nSPS) is 18.6. The number of fused-ring (bicyclic) bond motifs is 1. The van der Waals surface area contributed by atoms with Gasteiger partial charge in [0, 0.05) is 34.4 Å². The van der Waals surface area contributed by atoms with Gasteiger partial charge in [-0.1, -0.05) is 24.3 Å². The number of nitrogens with zero attached hydrogens (tertiary/aromatic N) is 1. The Morgan fingerprint density at radius 1 is 1.38 bits per heavy atom. The van der Waals surface area contributed by atoms with Crippen molar-refractivity contribution < 1.29 is 4.79 Å². The van der Waals surface area contributed by atoms with Crippen molar-refractivity contribution in [1.29, 1.82) is 0 Å². The molecule has 1 unspecified atom stereocenters. The van der Waals surface area contributed by atoms with Crippen LogP contribution in [-0.2, 0) is 0 Å². The van der Waals surface area contributed by atoms with Crippen molar-refractivity contribution in [2.75, 3.05) is 29.5 Å². The number of benzene rings is 1. The van der Waals surface area contributed by atoms with Gasteiger partial charge in [-0.2, -0.15) is 23.5 Å². The van der Waals surface area contributed by atoms with E-state index < -0.39 is 0 Å². The number of thioether (sulfide) groups is 2. The molecule has 6 heteroatoms. The monoisotopic (exact) mass is 319 g/mol. The second-order valence-electron chi connectivity index (χ2n) is 4.89. The molecule has 1 aromatic heterocycles. The van der Waals surface area contributed by atoms with E-state index >= 15 is 0 Å². The first-order chi connectivity index (χ1) is 10.2. The van der Waals surface area contributed by atoms with Crippen molar-refractivity contribution >= 4 is 46.0 Å². The van der Waals surface area contributed by atoms with Crippen LogP contribution in [0.1, 0.15) is 10.5 Å². The van der Waals surface area contributed by atoms with Gasteiger partial charge in [0.15, 0.2) is 0 Å². The second kappa shape index (κ2) is 6.58. The fraction of sp³-hybridized carbons (Fsp3) is 0.333. The minimum absolute atomic E-state index is 0.149. The van der Waals surface area contributed by atoms with Gasteiger partial charge in [0.1, 0.15) is 11.5 Å². The minimum atomic E-state index is -0.149. The number of amides is 1. The van der Waals surface area contributed by atoms with Crippen molar-refractivity contribution in [2.45, 2.75) is 5.25 Å². The summed E-state index contributed by atoms with van der Waals surface area (Å²) in [6.45, 7) is 0.685. The number of hydrogen-bond donors (Lipinski definition) is 2. The highest BCUT2D eigenvalue weighted by Gasteiger charge is 2.16. The van der Waals surface area contributed by atoms with Crippen molar-refractivity contribution in [3.63, 3.8) is 0 Å². The first-order valence-corrected chi connectivity index (χ1v) is 9.07. The number of nitrogen functional groups attached to an aromatic ring is 1. The van der Waals surface area contributed by atoms with Crippen molar-refractivity contribution in [3.8, 4) is 0 Å². The lowest BCUT2D eigenvalue weighted by Crippen LogP contribution is -2.33. The zero-order valence-electron chi connectivity index (χ0n) is 11.5. The van der Waals surface area contributed by atoms with Gasteiger partial charge in [0.05, 0.1) is 0 Å². The molecule has 21 heavy (non-hydrogen) atoms. The van der Waals surface area contributed by atoms with E-state index in [0.717, 1.165) is 22.3 Å². The third kappa shape index (κ3) is 3.44. The van der Waals surface area contributed by atoms with Crippen LogP contribution in [-0.4, -0.2) is 39.9 Å². The highest BCUT2D eigenvalue weighted by atomic mass is 32.2. The van der Waals surface area contributed by atoms with E-state index in [4.69, 9.17) is 5.73 Å². The molecular formula is C15H17N3OS2. The molecule has 1 aliphatic rings. The molecule has 0 radical (unpaired) electrons. The van der Waals surface area contributed by atoms with Crippen LogP contribution in [0, 0.1) is 0 Å². The van der Waals surface area contributed by atoms with Crippen LogP contribution < -0.4 is 11.1 Å². The summed E-state index contributed by atoms with van der Waals surface area (Å²) < 4.78 is 0. The number of nitrogens with two attached hydrogens (primary N) is 1. The summed E-state index contributed by atoms with van der Waals surface area (Å²) >= 11 is 3.87. The Morgan fingerprint density at radius 3 is 3.05 bits per heavy atom. The molecule has 4 nitrogen and oxygen atoms in total. The Balaban J connectivity index is 1.72. The smallest absolute Gasteiger partial charge is 0.270 e. The summed E-state index contributed by atoms with van der Waals surface area (Å²) in [5.41, 5.74) is 6.32. The van der Waals surface area contributed by atoms with Gasteiger partial charge in [0.2, 0.25) is 0 Å². The van der Waals surface area contributed by atoms with Crippen LogP contribution in [0.2, 0.25) is 0 Å². The third-order valence-electron chi connectivity index (χ3n) is 3.38. The molecule has 0 saturated carbocycles. The first-order valence-electron chi connectivity index (χ1n) is 6.87. The molecule has 1 saturated heterocycles. The lowest BCUT2D eigenvalue weighted by molar-refractivity contribution is 0.0949. The minimum Gasteiger partial charge on any atom is -0.383 e. The van der Waals surface area contributed by atoms with Crippen LogP contribution in [0.15, 0.2) is 30.3 Å². The molecule has 0 aliphatic carbocycles. The van der Waals surface area contributed by atoms with Crippen molar-refractivity contribution in [2.24, 2.45) is 0 Å². The van der Waals surface area contributed by atoms with Gasteiger partial charge in [-0.3, -0.25) is 4.79 Å². The SMILES string of the molecule is Nc1nc(C(=O)NCC2CSCCS2)cc2ccccc12. The standard InChI is InChI=1S/C15H17N3OS2/c16-14-12-4-2-1-3-10(12)7-13(18-14)15(19)17-8-11-9-20-5-6-21-11/h1-4,7,11H,5-6,8-9H2,(H2,16,18)(H,17,19). The molecule has 1 amide bonds. The van der Waals surface area contributed by atoms with Gasteiger partial charge >= 0.3 is 0 Å². The number of carbonyl (C=O) groups excluding carboxylic acids is 1. The number of nitrogens with one attached hydrogen (secondary N) is 1. The summed E-state index contributed by atoms with van der Waals surface area (Å²) in [6, 6.07) is 9.49. The van der Waals surface area contributed by atoms with Crippen LogP contribution in [0.5, 0.6) is 0 Å². The molecule has 0 bridgehead atoms. The highest BCUT2D eigenvalue weighted by molar-refractivity contribution is 8.06. The van der Waals surface area contributed by atoms with E-state index in [-0.39, 0.29) is 5.91 Å². The summed E-state index contributed by atoms with van der Waals surface area (Å²) in [6.07, 6.45) is 0. The van der Waals surface area contributed by atoms with Crippen molar-refractivity contribution in [3.05, 3.63) is 36.0 Å². The average molecular weight is 319 g/mol. The van der Waals surface area contributed by atoms with Crippen LogP contribution in [0.4, 0.5) is 5.82 Å². The fourth-order valence-corrected chi connectivity index (χ4v) is 4.91. The largest absolute Gasteiger partial charge is 0.383 e. The Hall–Kier alpha value is -1.40. The molecule has 3 rings (SSSR count). The molecule has 1 atom stereocenters.